The van der Waals surface area contributed by atoms with Crippen LogP contribution in [0.3, 0.4) is 0 Å². The van der Waals surface area contributed by atoms with Crippen LogP contribution in [0.5, 0.6) is 0 Å². The molecule has 2 aromatic carbocycles. The first kappa shape index (κ1) is 14.5. The van der Waals surface area contributed by atoms with Crippen molar-refractivity contribution >= 4 is 17.4 Å². The molecule has 0 aliphatic heterocycles. The summed E-state index contributed by atoms with van der Waals surface area (Å²) in [6, 6.07) is 14.1. The standard InChI is InChI=1S/C17H13ClN2O2/c18-13-6-7-15(20-9-8-19-16(20)11-21)14(10-13)17(22)12-4-2-1-3-5-12/h1-10,21H,11H2. The summed E-state index contributed by atoms with van der Waals surface area (Å²) in [6.07, 6.45) is 3.29. The lowest BCUT2D eigenvalue weighted by atomic mass is 10.0. The fourth-order valence-electron chi connectivity index (χ4n) is 2.32. The van der Waals surface area contributed by atoms with E-state index < -0.39 is 0 Å². The molecule has 0 aliphatic carbocycles. The molecule has 0 saturated carbocycles. The summed E-state index contributed by atoms with van der Waals surface area (Å²) in [4.78, 5) is 16.8. The van der Waals surface area contributed by atoms with Crippen molar-refractivity contribution in [3.05, 3.63) is 82.9 Å². The highest BCUT2D eigenvalue weighted by molar-refractivity contribution is 6.31. The number of benzene rings is 2. The highest BCUT2D eigenvalue weighted by Crippen LogP contribution is 2.23. The Morgan fingerprint density at radius 2 is 1.95 bits per heavy atom. The van der Waals surface area contributed by atoms with Gasteiger partial charge in [0, 0.05) is 28.5 Å². The van der Waals surface area contributed by atoms with E-state index in [9.17, 15) is 9.90 Å². The number of rotatable bonds is 4. The molecule has 0 radical (unpaired) electrons. The van der Waals surface area contributed by atoms with E-state index in [0.29, 0.717) is 27.7 Å². The Morgan fingerprint density at radius 1 is 1.18 bits per heavy atom. The average Bonchev–Trinajstić information content (AvgIpc) is 3.03. The number of aromatic nitrogens is 2. The molecule has 0 saturated heterocycles. The van der Waals surface area contributed by atoms with Gasteiger partial charge in [0.05, 0.1) is 5.69 Å². The molecule has 22 heavy (non-hydrogen) atoms. The number of hydrogen-bond donors (Lipinski definition) is 1. The topological polar surface area (TPSA) is 55.1 Å². The third-order valence-corrected chi connectivity index (χ3v) is 3.59. The molecular formula is C17H13ClN2O2. The van der Waals surface area contributed by atoms with Gasteiger partial charge in [-0.05, 0) is 18.2 Å². The lowest BCUT2D eigenvalue weighted by Gasteiger charge is -2.12. The number of aliphatic hydroxyl groups is 1. The third kappa shape index (κ3) is 2.66. The number of hydrogen-bond acceptors (Lipinski definition) is 3. The molecule has 3 aromatic rings. The van der Waals surface area contributed by atoms with Crippen molar-refractivity contribution in [2.24, 2.45) is 0 Å². The molecule has 0 amide bonds. The predicted octanol–water partition coefficient (Wildman–Crippen LogP) is 3.25. The molecule has 0 bridgehead atoms. The van der Waals surface area contributed by atoms with Crippen LogP contribution in [0.4, 0.5) is 0 Å². The van der Waals surface area contributed by atoms with Gasteiger partial charge in [-0.2, -0.15) is 0 Å². The van der Waals surface area contributed by atoms with E-state index >= 15 is 0 Å². The van der Waals surface area contributed by atoms with Gasteiger partial charge in [0.2, 0.25) is 0 Å². The first-order chi connectivity index (χ1) is 10.7. The summed E-state index contributed by atoms with van der Waals surface area (Å²) in [6.45, 7) is -0.214. The maximum atomic E-state index is 12.8. The van der Waals surface area contributed by atoms with Gasteiger partial charge >= 0.3 is 0 Å². The van der Waals surface area contributed by atoms with Crippen LogP contribution < -0.4 is 0 Å². The average molecular weight is 313 g/mol. The third-order valence-electron chi connectivity index (χ3n) is 3.36. The Labute approximate surface area is 132 Å². The number of halogens is 1. The maximum absolute atomic E-state index is 12.8. The zero-order valence-electron chi connectivity index (χ0n) is 11.6. The van der Waals surface area contributed by atoms with E-state index in [-0.39, 0.29) is 12.4 Å². The first-order valence-corrected chi connectivity index (χ1v) is 7.11. The lowest BCUT2D eigenvalue weighted by molar-refractivity contribution is 0.103. The Bertz CT molecular complexity index is 813. The second-order valence-electron chi connectivity index (χ2n) is 4.73. The fourth-order valence-corrected chi connectivity index (χ4v) is 2.49. The second-order valence-corrected chi connectivity index (χ2v) is 5.16. The number of imidazole rings is 1. The largest absolute Gasteiger partial charge is 0.388 e. The number of carbonyl (C=O) groups is 1. The Balaban J connectivity index is 2.15. The SMILES string of the molecule is O=C(c1ccccc1)c1cc(Cl)ccc1-n1ccnc1CO. The summed E-state index contributed by atoms with van der Waals surface area (Å²) < 4.78 is 1.69. The highest BCUT2D eigenvalue weighted by atomic mass is 35.5. The van der Waals surface area contributed by atoms with E-state index in [1.807, 2.05) is 18.2 Å². The Morgan fingerprint density at radius 3 is 2.68 bits per heavy atom. The molecule has 3 rings (SSSR count). The molecule has 0 spiro atoms. The van der Waals surface area contributed by atoms with Crippen molar-refractivity contribution in [3.8, 4) is 5.69 Å². The van der Waals surface area contributed by atoms with Crippen LogP contribution in [-0.2, 0) is 6.61 Å². The minimum Gasteiger partial charge on any atom is -0.388 e. The summed E-state index contributed by atoms with van der Waals surface area (Å²) in [5.74, 6) is 0.333. The number of ketones is 1. The smallest absolute Gasteiger partial charge is 0.195 e. The van der Waals surface area contributed by atoms with Gasteiger partial charge in [0.1, 0.15) is 12.4 Å². The minimum atomic E-state index is -0.214. The van der Waals surface area contributed by atoms with E-state index in [1.54, 1.807) is 47.3 Å². The first-order valence-electron chi connectivity index (χ1n) is 6.73. The quantitative estimate of drug-likeness (QED) is 0.752. The van der Waals surface area contributed by atoms with Crippen LogP contribution in [0.15, 0.2) is 60.9 Å². The van der Waals surface area contributed by atoms with E-state index in [2.05, 4.69) is 4.98 Å². The summed E-state index contributed by atoms with van der Waals surface area (Å²) in [7, 11) is 0. The lowest BCUT2D eigenvalue weighted by Crippen LogP contribution is -2.09. The molecular weight excluding hydrogens is 300 g/mol. The predicted molar refractivity (Wildman–Crippen MR) is 84.4 cm³/mol. The summed E-state index contributed by atoms with van der Waals surface area (Å²) in [5, 5.41) is 9.86. The molecule has 1 N–H and O–H groups in total. The van der Waals surface area contributed by atoms with Crippen LogP contribution in [0.2, 0.25) is 5.02 Å². The minimum absolute atomic E-state index is 0.129. The van der Waals surface area contributed by atoms with Gasteiger partial charge in [-0.25, -0.2) is 4.98 Å². The van der Waals surface area contributed by atoms with Crippen LogP contribution in [-0.4, -0.2) is 20.4 Å². The van der Waals surface area contributed by atoms with Gasteiger partial charge in [0.25, 0.3) is 0 Å². The number of carbonyl (C=O) groups excluding carboxylic acids is 1. The van der Waals surface area contributed by atoms with Gasteiger partial charge < -0.3 is 9.67 Å². The van der Waals surface area contributed by atoms with Gasteiger partial charge in [-0.15, -0.1) is 0 Å². The molecule has 0 fully saturated rings. The molecule has 0 aliphatic rings. The zero-order chi connectivity index (χ0) is 15.5. The molecule has 0 unspecified atom stereocenters. The zero-order valence-corrected chi connectivity index (χ0v) is 12.4. The van der Waals surface area contributed by atoms with Crippen molar-refractivity contribution in [3.63, 3.8) is 0 Å². The van der Waals surface area contributed by atoms with Crippen molar-refractivity contribution in [2.45, 2.75) is 6.61 Å². The number of nitrogens with zero attached hydrogens (tertiary/aromatic N) is 2. The fraction of sp³-hybridized carbons (Fsp3) is 0.0588. The van der Waals surface area contributed by atoms with E-state index in [1.165, 1.54) is 0 Å². The van der Waals surface area contributed by atoms with Gasteiger partial charge in [-0.3, -0.25) is 4.79 Å². The molecule has 110 valence electrons. The second kappa shape index (κ2) is 6.13. The van der Waals surface area contributed by atoms with E-state index in [4.69, 9.17) is 11.6 Å². The molecule has 1 heterocycles. The van der Waals surface area contributed by atoms with Crippen LogP contribution >= 0.6 is 11.6 Å². The highest BCUT2D eigenvalue weighted by Gasteiger charge is 2.17. The van der Waals surface area contributed by atoms with E-state index in [0.717, 1.165) is 0 Å². The van der Waals surface area contributed by atoms with Crippen molar-refractivity contribution < 1.29 is 9.90 Å². The van der Waals surface area contributed by atoms with Crippen molar-refractivity contribution in [2.75, 3.05) is 0 Å². The van der Waals surface area contributed by atoms with Gasteiger partial charge in [0.15, 0.2) is 5.78 Å². The van der Waals surface area contributed by atoms with Crippen molar-refractivity contribution in [1.82, 2.24) is 9.55 Å². The Hall–Kier alpha value is -2.43. The van der Waals surface area contributed by atoms with Gasteiger partial charge in [-0.1, -0.05) is 41.9 Å². The van der Waals surface area contributed by atoms with Crippen molar-refractivity contribution in [1.29, 1.82) is 0 Å². The summed E-state index contributed by atoms with van der Waals surface area (Å²) >= 11 is 6.06. The van der Waals surface area contributed by atoms with Crippen LogP contribution in [0.1, 0.15) is 21.7 Å². The molecule has 1 aromatic heterocycles. The molecule has 4 nitrogen and oxygen atoms in total. The summed E-state index contributed by atoms with van der Waals surface area (Å²) in [5.41, 5.74) is 1.68. The molecule has 5 heteroatoms. The molecule has 0 atom stereocenters. The maximum Gasteiger partial charge on any atom is 0.195 e. The monoisotopic (exact) mass is 312 g/mol. The van der Waals surface area contributed by atoms with Crippen LogP contribution in [0.25, 0.3) is 5.69 Å². The van der Waals surface area contributed by atoms with Crippen LogP contribution in [0, 0.1) is 0 Å². The number of aliphatic hydroxyl groups excluding tert-OH is 1. The Kier molecular flexibility index (Phi) is 4.04. The normalized spacial score (nSPS) is 10.6.